The van der Waals surface area contributed by atoms with Crippen LogP contribution in [0.4, 0.5) is 10.1 Å². The quantitative estimate of drug-likeness (QED) is 0.474. The van der Waals surface area contributed by atoms with E-state index >= 15 is 0 Å². The van der Waals surface area contributed by atoms with Crippen molar-refractivity contribution >= 4 is 27.5 Å². The van der Waals surface area contributed by atoms with Crippen LogP contribution in [0.2, 0.25) is 0 Å². The molecule has 0 atom stereocenters. The van der Waals surface area contributed by atoms with Crippen molar-refractivity contribution in [3.05, 3.63) is 84.1 Å². The Morgan fingerprint density at radius 1 is 0.867 bits per heavy atom. The van der Waals surface area contributed by atoms with E-state index < -0.39 is 27.7 Å². The molecule has 156 valence electrons. The predicted molar refractivity (Wildman–Crippen MR) is 107 cm³/mol. The summed E-state index contributed by atoms with van der Waals surface area (Å²) in [5.41, 5.74) is 0.0631. The highest BCUT2D eigenvalue weighted by Crippen LogP contribution is 2.19. The normalized spacial score (nSPS) is 11.0. The van der Waals surface area contributed by atoms with E-state index in [0.717, 1.165) is 6.07 Å². The first kappa shape index (κ1) is 21.1. The molecule has 3 N–H and O–H groups in total. The maximum absolute atomic E-state index is 13.7. The number of hydrogen-bond acceptors (Lipinski definition) is 5. The summed E-state index contributed by atoms with van der Waals surface area (Å²) in [6, 6.07) is 13.7. The first-order valence-electron chi connectivity index (χ1n) is 8.84. The average Bonchev–Trinajstić information content (AvgIpc) is 3.27. The molecule has 0 aliphatic carbocycles. The fraction of sp³-hybridized carbons (Fsp3) is 0.100. The third-order valence-electron chi connectivity index (χ3n) is 3.99. The lowest BCUT2D eigenvalue weighted by Crippen LogP contribution is -2.34. The highest BCUT2D eigenvalue weighted by atomic mass is 32.2. The van der Waals surface area contributed by atoms with Crippen molar-refractivity contribution in [3.8, 4) is 0 Å². The van der Waals surface area contributed by atoms with Crippen molar-refractivity contribution in [1.82, 2.24) is 10.6 Å². The summed E-state index contributed by atoms with van der Waals surface area (Å²) in [5, 5.41) is 5.19. The summed E-state index contributed by atoms with van der Waals surface area (Å²) in [7, 11) is -4.01. The van der Waals surface area contributed by atoms with E-state index in [2.05, 4.69) is 15.4 Å². The van der Waals surface area contributed by atoms with Crippen molar-refractivity contribution in [2.75, 3.05) is 17.8 Å². The molecule has 3 aromatic rings. The van der Waals surface area contributed by atoms with Gasteiger partial charge in [0, 0.05) is 18.7 Å². The van der Waals surface area contributed by atoms with Gasteiger partial charge in [0.2, 0.25) is 0 Å². The number of rotatable bonds is 8. The molecule has 2 amide bonds. The number of nitrogens with one attached hydrogen (secondary N) is 3. The maximum Gasteiger partial charge on any atom is 0.287 e. The summed E-state index contributed by atoms with van der Waals surface area (Å²) in [5.74, 6) is -1.36. The number of anilines is 1. The first-order valence-corrected chi connectivity index (χ1v) is 10.3. The van der Waals surface area contributed by atoms with Crippen LogP contribution in [-0.2, 0) is 10.0 Å². The Morgan fingerprint density at radius 3 is 2.17 bits per heavy atom. The minimum absolute atomic E-state index is 0.118. The summed E-state index contributed by atoms with van der Waals surface area (Å²) >= 11 is 0. The van der Waals surface area contributed by atoms with Crippen molar-refractivity contribution < 1.29 is 26.8 Å². The molecule has 0 bridgehead atoms. The van der Waals surface area contributed by atoms with E-state index in [4.69, 9.17) is 4.42 Å². The van der Waals surface area contributed by atoms with Crippen molar-refractivity contribution in [2.45, 2.75) is 4.90 Å². The number of halogens is 1. The number of amides is 2. The first-order chi connectivity index (χ1) is 14.4. The summed E-state index contributed by atoms with van der Waals surface area (Å²) in [6.07, 6.45) is 1.38. The SMILES string of the molecule is O=C(NCCNC(=O)c1ccco1)c1ccc(S(=O)(=O)Nc2ccccc2F)cc1. The van der Waals surface area contributed by atoms with Crippen LogP contribution >= 0.6 is 0 Å². The standard InChI is InChI=1S/C20H18FN3O5S/c21-16-4-1-2-5-17(16)24-30(27,28)15-9-7-14(8-10-15)19(25)22-11-12-23-20(26)18-6-3-13-29-18/h1-10,13,24H,11-12H2,(H,22,25)(H,23,26). The average molecular weight is 431 g/mol. The van der Waals surface area contributed by atoms with Gasteiger partial charge in [-0.2, -0.15) is 0 Å². The third-order valence-corrected chi connectivity index (χ3v) is 5.37. The van der Waals surface area contributed by atoms with Crippen LogP contribution < -0.4 is 15.4 Å². The molecule has 0 fully saturated rings. The molecule has 0 saturated carbocycles. The van der Waals surface area contributed by atoms with E-state index in [1.807, 2.05) is 0 Å². The molecular formula is C20H18FN3O5S. The molecule has 0 unspecified atom stereocenters. The van der Waals surface area contributed by atoms with Crippen LogP contribution in [0.15, 0.2) is 76.2 Å². The van der Waals surface area contributed by atoms with Crippen LogP contribution in [-0.4, -0.2) is 33.3 Å². The van der Waals surface area contributed by atoms with Gasteiger partial charge in [-0.1, -0.05) is 12.1 Å². The predicted octanol–water partition coefficient (Wildman–Crippen LogP) is 2.38. The zero-order chi connectivity index (χ0) is 21.6. The lowest BCUT2D eigenvalue weighted by atomic mass is 10.2. The molecule has 30 heavy (non-hydrogen) atoms. The summed E-state index contributed by atoms with van der Waals surface area (Å²) < 4.78 is 45.5. The van der Waals surface area contributed by atoms with Crippen molar-refractivity contribution in [2.24, 2.45) is 0 Å². The minimum Gasteiger partial charge on any atom is -0.459 e. The number of para-hydroxylation sites is 1. The molecule has 0 saturated heterocycles. The third kappa shape index (κ3) is 5.23. The molecule has 1 heterocycles. The molecule has 10 heteroatoms. The summed E-state index contributed by atoms with van der Waals surface area (Å²) in [4.78, 5) is 23.7. The zero-order valence-electron chi connectivity index (χ0n) is 15.6. The molecule has 0 aliphatic rings. The van der Waals surface area contributed by atoms with Crippen LogP contribution in [0, 0.1) is 5.82 Å². The van der Waals surface area contributed by atoms with Crippen LogP contribution in [0.5, 0.6) is 0 Å². The van der Waals surface area contributed by atoms with E-state index in [-0.39, 0.29) is 35.0 Å². The molecule has 1 aromatic heterocycles. The van der Waals surface area contributed by atoms with Gasteiger partial charge in [0.15, 0.2) is 5.76 Å². The molecule has 0 spiro atoms. The molecular weight excluding hydrogens is 413 g/mol. The second kappa shape index (κ2) is 9.23. The Labute approximate surface area is 172 Å². The van der Waals surface area contributed by atoms with Gasteiger partial charge in [-0.05, 0) is 48.5 Å². The number of carbonyl (C=O) groups excluding carboxylic acids is 2. The van der Waals surface area contributed by atoms with Gasteiger partial charge in [-0.3, -0.25) is 14.3 Å². The van der Waals surface area contributed by atoms with Crippen LogP contribution in [0.1, 0.15) is 20.9 Å². The Balaban J connectivity index is 1.53. The van der Waals surface area contributed by atoms with Crippen molar-refractivity contribution in [3.63, 3.8) is 0 Å². The lowest BCUT2D eigenvalue weighted by Gasteiger charge is -2.10. The fourth-order valence-corrected chi connectivity index (χ4v) is 3.55. The Hall–Kier alpha value is -3.66. The summed E-state index contributed by atoms with van der Waals surface area (Å²) in [6.45, 7) is 0.352. The van der Waals surface area contributed by atoms with Crippen molar-refractivity contribution in [1.29, 1.82) is 0 Å². The number of benzene rings is 2. The van der Waals surface area contributed by atoms with Crippen LogP contribution in [0.3, 0.4) is 0 Å². The van der Waals surface area contributed by atoms with Crippen LogP contribution in [0.25, 0.3) is 0 Å². The lowest BCUT2D eigenvalue weighted by molar-refractivity contribution is 0.0910. The highest BCUT2D eigenvalue weighted by molar-refractivity contribution is 7.92. The van der Waals surface area contributed by atoms with Gasteiger partial charge >= 0.3 is 0 Å². The maximum atomic E-state index is 13.7. The molecule has 0 aliphatic heterocycles. The van der Waals surface area contributed by atoms with Gasteiger partial charge in [-0.25, -0.2) is 12.8 Å². The molecule has 8 nitrogen and oxygen atoms in total. The second-order valence-corrected chi connectivity index (χ2v) is 7.78. The second-order valence-electron chi connectivity index (χ2n) is 6.10. The molecule has 0 radical (unpaired) electrons. The van der Waals surface area contributed by atoms with Gasteiger partial charge in [0.25, 0.3) is 21.8 Å². The monoisotopic (exact) mass is 431 g/mol. The smallest absolute Gasteiger partial charge is 0.287 e. The Morgan fingerprint density at radius 2 is 1.53 bits per heavy atom. The van der Waals surface area contributed by atoms with E-state index in [1.54, 1.807) is 6.07 Å². The van der Waals surface area contributed by atoms with E-state index in [0.29, 0.717) is 0 Å². The Bertz CT molecular complexity index is 1130. The van der Waals surface area contributed by atoms with Gasteiger partial charge in [0.1, 0.15) is 5.82 Å². The van der Waals surface area contributed by atoms with E-state index in [9.17, 15) is 22.4 Å². The van der Waals surface area contributed by atoms with E-state index in [1.165, 1.54) is 54.8 Å². The number of sulfonamides is 1. The van der Waals surface area contributed by atoms with Gasteiger partial charge < -0.3 is 15.1 Å². The van der Waals surface area contributed by atoms with Gasteiger partial charge in [-0.15, -0.1) is 0 Å². The number of hydrogen-bond donors (Lipinski definition) is 3. The number of carbonyl (C=O) groups is 2. The largest absolute Gasteiger partial charge is 0.459 e. The Kier molecular flexibility index (Phi) is 6.48. The molecule has 3 rings (SSSR count). The zero-order valence-corrected chi connectivity index (χ0v) is 16.4. The number of furan rings is 1. The topological polar surface area (TPSA) is 118 Å². The van der Waals surface area contributed by atoms with Gasteiger partial charge in [0.05, 0.1) is 16.8 Å². The molecule has 2 aromatic carbocycles. The minimum atomic E-state index is -4.01. The fourth-order valence-electron chi connectivity index (χ4n) is 2.48. The highest BCUT2D eigenvalue weighted by Gasteiger charge is 2.17.